The van der Waals surface area contributed by atoms with Crippen LogP contribution in [-0.2, 0) is 14.9 Å². The third kappa shape index (κ3) is 3.59. The van der Waals surface area contributed by atoms with E-state index in [1.165, 1.54) is 16.9 Å². The molecule has 3 aliphatic rings. The maximum absolute atomic E-state index is 12.8. The van der Waals surface area contributed by atoms with E-state index in [0.29, 0.717) is 25.4 Å². The number of piperidine rings is 1. The quantitative estimate of drug-likeness (QED) is 0.703. The Morgan fingerprint density at radius 2 is 2.06 bits per heavy atom. The van der Waals surface area contributed by atoms with E-state index < -0.39 is 0 Å². The molecular weight excluding hydrogens is 410 g/mol. The second-order valence-corrected chi connectivity index (χ2v) is 9.43. The van der Waals surface area contributed by atoms with Crippen LogP contribution >= 0.6 is 11.3 Å². The Bertz CT molecular complexity index is 978. The first-order chi connectivity index (χ1) is 15.1. The lowest BCUT2D eigenvalue weighted by Crippen LogP contribution is -2.52. The number of likely N-dealkylation sites (tertiary alicyclic amines) is 1. The molecule has 1 aliphatic heterocycles. The van der Waals surface area contributed by atoms with Gasteiger partial charge in [0.1, 0.15) is 5.69 Å². The number of amides is 2. The highest BCUT2D eigenvalue weighted by molar-refractivity contribution is 7.07. The van der Waals surface area contributed by atoms with Crippen molar-refractivity contribution in [2.24, 2.45) is 5.92 Å². The first kappa shape index (κ1) is 20.4. The zero-order valence-electron chi connectivity index (χ0n) is 17.5. The van der Waals surface area contributed by atoms with Gasteiger partial charge in [-0.05, 0) is 36.8 Å². The molecule has 1 saturated carbocycles. The molecule has 0 bridgehead atoms. The van der Waals surface area contributed by atoms with E-state index in [-0.39, 0.29) is 35.3 Å². The van der Waals surface area contributed by atoms with Crippen molar-refractivity contribution < 1.29 is 14.3 Å². The van der Waals surface area contributed by atoms with Crippen molar-refractivity contribution >= 4 is 23.2 Å². The van der Waals surface area contributed by atoms with Crippen LogP contribution in [0.15, 0.2) is 47.8 Å². The minimum atomic E-state index is -0.236. The Hall–Kier alpha value is -2.51. The van der Waals surface area contributed by atoms with Gasteiger partial charge in [-0.2, -0.15) is 0 Å². The highest BCUT2D eigenvalue weighted by Crippen LogP contribution is 2.52. The fourth-order valence-electron chi connectivity index (χ4n) is 5.20. The Kier molecular flexibility index (Phi) is 5.40. The molecule has 1 aromatic carbocycles. The zero-order valence-corrected chi connectivity index (χ0v) is 18.3. The fourth-order valence-corrected chi connectivity index (χ4v) is 5.72. The monoisotopic (exact) mass is 437 g/mol. The zero-order chi connectivity index (χ0) is 21.4. The largest absolute Gasteiger partial charge is 0.371 e. The summed E-state index contributed by atoms with van der Waals surface area (Å²) in [5.41, 5.74) is 4.36. The molecule has 6 nitrogen and oxygen atoms in total. The molecule has 31 heavy (non-hydrogen) atoms. The molecule has 1 N–H and O–H groups in total. The maximum Gasteiger partial charge on any atom is 0.273 e. The molecule has 2 heterocycles. The van der Waals surface area contributed by atoms with Crippen LogP contribution in [0, 0.1) is 5.92 Å². The fraction of sp³-hybridized carbons (Fsp3) is 0.458. The highest BCUT2D eigenvalue weighted by atomic mass is 32.1. The summed E-state index contributed by atoms with van der Waals surface area (Å²) < 4.78 is 6.36. The summed E-state index contributed by atoms with van der Waals surface area (Å²) in [5, 5.41) is 5.10. The molecule has 0 unspecified atom stereocenters. The van der Waals surface area contributed by atoms with Gasteiger partial charge in [-0.25, -0.2) is 4.98 Å². The lowest BCUT2D eigenvalue weighted by atomic mass is 9.71. The van der Waals surface area contributed by atoms with E-state index in [1.54, 1.807) is 17.0 Å². The van der Waals surface area contributed by atoms with E-state index in [1.807, 2.05) is 11.0 Å². The molecule has 162 valence electrons. The Labute approximate surface area is 186 Å². The number of nitrogens with one attached hydrogen (secondary N) is 1. The molecule has 1 spiro atoms. The van der Waals surface area contributed by atoms with Crippen molar-refractivity contribution in [3.8, 4) is 0 Å². The molecule has 2 aromatic rings. The summed E-state index contributed by atoms with van der Waals surface area (Å²) in [6.07, 6.45) is 5.10. The summed E-state index contributed by atoms with van der Waals surface area (Å²) in [6.45, 7) is 5.53. The first-order valence-electron chi connectivity index (χ1n) is 10.9. The Balaban J connectivity index is 1.44. The maximum atomic E-state index is 12.8. The van der Waals surface area contributed by atoms with Crippen LogP contribution in [0.5, 0.6) is 0 Å². The average molecular weight is 438 g/mol. The van der Waals surface area contributed by atoms with E-state index >= 15 is 0 Å². The number of benzene rings is 1. The lowest BCUT2D eigenvalue weighted by molar-refractivity contribution is -0.125. The number of carbonyl (C=O) groups excluding carboxylic acids is 2. The molecule has 0 radical (unpaired) electrons. The molecule has 1 aromatic heterocycles. The number of hydrogen-bond donors (Lipinski definition) is 1. The van der Waals surface area contributed by atoms with Crippen molar-refractivity contribution in [3.63, 3.8) is 0 Å². The van der Waals surface area contributed by atoms with Crippen molar-refractivity contribution in [3.05, 3.63) is 64.6 Å². The number of aromatic nitrogens is 1. The van der Waals surface area contributed by atoms with Gasteiger partial charge >= 0.3 is 0 Å². The van der Waals surface area contributed by atoms with Gasteiger partial charge in [0.25, 0.3) is 5.91 Å². The van der Waals surface area contributed by atoms with Gasteiger partial charge in [-0.15, -0.1) is 17.9 Å². The summed E-state index contributed by atoms with van der Waals surface area (Å²) >= 11 is 1.44. The van der Waals surface area contributed by atoms with Crippen LogP contribution in [0.25, 0.3) is 0 Å². The SMILES string of the molecule is C=CCO[C@H]1[C@H](NC(=O)C2CC2)c2ccccc2C12CCN(C(=O)c1cscn1)CC2. The van der Waals surface area contributed by atoms with Crippen molar-refractivity contribution in [2.45, 2.75) is 43.2 Å². The second-order valence-electron chi connectivity index (χ2n) is 8.71. The summed E-state index contributed by atoms with van der Waals surface area (Å²) in [4.78, 5) is 31.6. The molecule has 7 heteroatoms. The third-order valence-corrected chi connectivity index (χ3v) is 7.50. The van der Waals surface area contributed by atoms with Crippen molar-refractivity contribution in [1.29, 1.82) is 0 Å². The number of rotatable bonds is 6. The normalized spacial score (nSPS) is 24.1. The Morgan fingerprint density at radius 3 is 2.74 bits per heavy atom. The van der Waals surface area contributed by atoms with Crippen molar-refractivity contribution in [2.75, 3.05) is 19.7 Å². The van der Waals surface area contributed by atoms with Gasteiger partial charge < -0.3 is 15.0 Å². The predicted octanol–water partition coefficient (Wildman–Crippen LogP) is 3.47. The molecule has 2 fully saturated rings. The van der Waals surface area contributed by atoms with E-state index in [4.69, 9.17) is 4.74 Å². The molecule has 2 atom stereocenters. The molecule has 5 rings (SSSR count). The van der Waals surface area contributed by atoms with Crippen LogP contribution in [0.3, 0.4) is 0 Å². The standard InChI is InChI=1S/C24H27N3O3S/c1-2-13-30-21-20(26-22(28)16-7-8-16)17-5-3-4-6-18(17)24(21)9-11-27(12-10-24)23(29)19-14-31-15-25-19/h2-6,14-16,20-21H,1,7-13H2,(H,26,28)/t20-,21+/m1/s1. The number of thiazole rings is 1. The number of hydrogen-bond acceptors (Lipinski definition) is 5. The summed E-state index contributed by atoms with van der Waals surface area (Å²) in [7, 11) is 0. The predicted molar refractivity (Wildman–Crippen MR) is 119 cm³/mol. The number of fused-ring (bicyclic) bond motifs is 2. The minimum Gasteiger partial charge on any atom is -0.371 e. The molecule has 2 amide bonds. The number of nitrogens with zero attached hydrogens (tertiary/aromatic N) is 2. The van der Waals surface area contributed by atoms with Gasteiger partial charge in [0.15, 0.2) is 0 Å². The van der Waals surface area contributed by atoms with E-state index in [2.05, 4.69) is 35.1 Å². The summed E-state index contributed by atoms with van der Waals surface area (Å²) in [6, 6.07) is 8.19. The topological polar surface area (TPSA) is 71.5 Å². The lowest BCUT2D eigenvalue weighted by Gasteiger charge is -2.44. The first-order valence-corrected chi connectivity index (χ1v) is 11.9. The molecular formula is C24H27N3O3S. The van der Waals surface area contributed by atoms with Crippen LogP contribution < -0.4 is 5.32 Å². The van der Waals surface area contributed by atoms with E-state index in [9.17, 15) is 9.59 Å². The van der Waals surface area contributed by atoms with Crippen LogP contribution in [0.2, 0.25) is 0 Å². The van der Waals surface area contributed by atoms with Gasteiger partial charge in [0.05, 0.1) is 24.3 Å². The second kappa shape index (κ2) is 8.20. The van der Waals surface area contributed by atoms with Gasteiger partial charge in [-0.3, -0.25) is 9.59 Å². The third-order valence-electron chi connectivity index (χ3n) is 6.91. The van der Waals surface area contributed by atoms with Gasteiger partial charge in [-0.1, -0.05) is 30.3 Å². The van der Waals surface area contributed by atoms with Crippen molar-refractivity contribution in [1.82, 2.24) is 15.2 Å². The molecule has 1 saturated heterocycles. The van der Waals surface area contributed by atoms with Gasteiger partial charge in [0.2, 0.25) is 5.91 Å². The number of ether oxygens (including phenoxy) is 1. The smallest absolute Gasteiger partial charge is 0.273 e. The summed E-state index contributed by atoms with van der Waals surface area (Å²) in [5.74, 6) is 0.256. The Morgan fingerprint density at radius 1 is 1.29 bits per heavy atom. The average Bonchev–Trinajstić information content (AvgIpc) is 3.46. The highest BCUT2D eigenvalue weighted by Gasteiger charge is 2.55. The van der Waals surface area contributed by atoms with Gasteiger partial charge in [0, 0.05) is 29.8 Å². The number of carbonyl (C=O) groups is 2. The minimum absolute atomic E-state index is 0.00970. The van der Waals surface area contributed by atoms with Crippen LogP contribution in [0.4, 0.5) is 0 Å². The van der Waals surface area contributed by atoms with Crippen LogP contribution in [-0.4, -0.2) is 47.5 Å². The van der Waals surface area contributed by atoms with E-state index in [0.717, 1.165) is 31.2 Å². The van der Waals surface area contributed by atoms with Crippen LogP contribution in [0.1, 0.15) is 53.3 Å². The molecule has 2 aliphatic carbocycles.